The Hall–Kier alpha value is -4.38. The molecule has 4 aromatic rings. The van der Waals surface area contributed by atoms with Gasteiger partial charge in [0.2, 0.25) is 10.0 Å². The van der Waals surface area contributed by atoms with E-state index in [9.17, 15) is 13.2 Å². The van der Waals surface area contributed by atoms with Gasteiger partial charge in [0, 0.05) is 16.8 Å². The van der Waals surface area contributed by atoms with Crippen LogP contribution in [-0.2, 0) is 10.0 Å². The van der Waals surface area contributed by atoms with Crippen LogP contribution in [0.2, 0.25) is 0 Å². The summed E-state index contributed by atoms with van der Waals surface area (Å²) >= 11 is 0. The lowest BCUT2D eigenvalue weighted by Crippen LogP contribution is -2.19. The molecule has 0 aromatic heterocycles. The molecular formula is C27H21N3O3S. The summed E-state index contributed by atoms with van der Waals surface area (Å²) in [6, 6.07) is 30.2. The third kappa shape index (κ3) is 5.70. The molecule has 0 unspecified atom stereocenters. The average molecular weight is 468 g/mol. The van der Waals surface area contributed by atoms with Crippen molar-refractivity contribution in [2.45, 2.75) is 4.90 Å². The van der Waals surface area contributed by atoms with Gasteiger partial charge in [0.1, 0.15) is 4.90 Å². The summed E-state index contributed by atoms with van der Waals surface area (Å²) in [6.07, 6.45) is 0. The lowest BCUT2D eigenvalue weighted by Gasteiger charge is -2.14. The number of para-hydroxylation sites is 2. The standard InChI is InChI=1S/C27H21N3O3S/c28-34(32,33)26-14-8-7-13-24(26)30-27(31)23-18-17-21(16-15-20-9-3-1-4-10-20)19-25(23)29-22-11-5-2-6-12-22/h1-14,17-19,29H,(H,30,31)(H2,28,32,33). The normalized spacial score (nSPS) is 10.6. The Bertz CT molecular complexity index is 1490. The Morgan fingerprint density at radius 3 is 2.03 bits per heavy atom. The number of benzene rings is 4. The molecule has 0 heterocycles. The zero-order chi connectivity index (χ0) is 24.0. The fourth-order valence-corrected chi connectivity index (χ4v) is 3.97. The van der Waals surface area contributed by atoms with Gasteiger partial charge in [-0.05, 0) is 54.6 Å². The van der Waals surface area contributed by atoms with Crippen LogP contribution in [0.1, 0.15) is 21.5 Å². The molecule has 0 fully saturated rings. The smallest absolute Gasteiger partial charge is 0.257 e. The first-order valence-electron chi connectivity index (χ1n) is 10.4. The van der Waals surface area contributed by atoms with Crippen molar-refractivity contribution in [1.29, 1.82) is 0 Å². The summed E-state index contributed by atoms with van der Waals surface area (Å²) in [5, 5.41) is 11.2. The lowest BCUT2D eigenvalue weighted by molar-refractivity contribution is 0.102. The maximum absolute atomic E-state index is 13.2. The molecule has 0 aliphatic heterocycles. The van der Waals surface area contributed by atoms with Gasteiger partial charge in [-0.15, -0.1) is 0 Å². The van der Waals surface area contributed by atoms with Crippen LogP contribution in [0.5, 0.6) is 0 Å². The first-order valence-corrected chi connectivity index (χ1v) is 11.9. The summed E-state index contributed by atoms with van der Waals surface area (Å²) in [7, 11) is -4.01. The van der Waals surface area contributed by atoms with E-state index in [0.29, 0.717) is 16.8 Å². The molecular weight excluding hydrogens is 446 g/mol. The molecule has 1 amide bonds. The number of nitrogens with one attached hydrogen (secondary N) is 2. The zero-order valence-corrected chi connectivity index (χ0v) is 18.8. The van der Waals surface area contributed by atoms with Crippen LogP contribution in [0.3, 0.4) is 0 Å². The number of sulfonamides is 1. The Morgan fingerprint density at radius 1 is 0.706 bits per heavy atom. The summed E-state index contributed by atoms with van der Waals surface area (Å²) in [5.74, 6) is 5.73. The highest BCUT2D eigenvalue weighted by molar-refractivity contribution is 7.89. The van der Waals surface area contributed by atoms with E-state index in [-0.39, 0.29) is 10.6 Å². The number of carbonyl (C=O) groups excluding carboxylic acids is 1. The number of anilines is 3. The molecule has 0 aliphatic rings. The van der Waals surface area contributed by atoms with Crippen molar-refractivity contribution >= 4 is 33.0 Å². The summed E-state index contributed by atoms with van der Waals surface area (Å²) in [4.78, 5) is 13.0. The number of carbonyl (C=O) groups is 1. The van der Waals surface area contributed by atoms with E-state index in [1.54, 1.807) is 24.3 Å². The molecule has 4 aromatic carbocycles. The van der Waals surface area contributed by atoms with Crippen LogP contribution in [0.4, 0.5) is 17.1 Å². The van der Waals surface area contributed by atoms with Crippen LogP contribution in [0.15, 0.2) is 108 Å². The number of amides is 1. The van der Waals surface area contributed by atoms with Crippen molar-refractivity contribution in [1.82, 2.24) is 0 Å². The number of primary sulfonamides is 1. The maximum Gasteiger partial charge on any atom is 0.257 e. The van der Waals surface area contributed by atoms with Gasteiger partial charge in [-0.1, -0.05) is 60.4 Å². The topological polar surface area (TPSA) is 101 Å². The predicted octanol–water partition coefficient (Wildman–Crippen LogP) is 4.73. The van der Waals surface area contributed by atoms with Gasteiger partial charge >= 0.3 is 0 Å². The van der Waals surface area contributed by atoms with E-state index >= 15 is 0 Å². The van der Waals surface area contributed by atoms with Crippen LogP contribution < -0.4 is 15.8 Å². The van der Waals surface area contributed by atoms with E-state index in [1.165, 1.54) is 18.2 Å². The highest BCUT2D eigenvalue weighted by Gasteiger charge is 2.18. The first kappa shape index (κ1) is 22.8. The fraction of sp³-hybridized carbons (Fsp3) is 0. The molecule has 7 heteroatoms. The monoisotopic (exact) mass is 467 g/mol. The van der Waals surface area contributed by atoms with Crippen LogP contribution in [-0.4, -0.2) is 14.3 Å². The first-order chi connectivity index (χ1) is 16.4. The molecule has 168 valence electrons. The molecule has 6 nitrogen and oxygen atoms in total. The van der Waals surface area contributed by atoms with Crippen LogP contribution in [0, 0.1) is 11.8 Å². The van der Waals surface area contributed by atoms with Crippen molar-refractivity contribution in [3.8, 4) is 11.8 Å². The minimum Gasteiger partial charge on any atom is -0.355 e. The van der Waals surface area contributed by atoms with Gasteiger partial charge in [0.25, 0.3) is 5.91 Å². The Labute approximate surface area is 198 Å². The average Bonchev–Trinajstić information content (AvgIpc) is 2.84. The van der Waals surface area contributed by atoms with Gasteiger partial charge in [-0.2, -0.15) is 0 Å². The van der Waals surface area contributed by atoms with Gasteiger partial charge in [-0.25, -0.2) is 13.6 Å². The Morgan fingerprint density at radius 2 is 1.32 bits per heavy atom. The summed E-state index contributed by atoms with van der Waals surface area (Å²) < 4.78 is 23.8. The molecule has 0 spiro atoms. The van der Waals surface area contributed by atoms with Gasteiger partial charge < -0.3 is 10.6 Å². The zero-order valence-electron chi connectivity index (χ0n) is 18.0. The maximum atomic E-state index is 13.2. The second kappa shape index (κ2) is 10.0. The number of hydrogen-bond donors (Lipinski definition) is 3. The fourth-order valence-electron chi connectivity index (χ4n) is 3.27. The highest BCUT2D eigenvalue weighted by atomic mass is 32.2. The molecule has 0 aliphatic carbocycles. The van der Waals surface area contributed by atoms with Crippen LogP contribution >= 0.6 is 0 Å². The number of nitrogens with two attached hydrogens (primary N) is 1. The van der Waals surface area contributed by atoms with E-state index in [4.69, 9.17) is 5.14 Å². The quantitative estimate of drug-likeness (QED) is 0.369. The van der Waals surface area contributed by atoms with E-state index < -0.39 is 15.9 Å². The SMILES string of the molecule is NS(=O)(=O)c1ccccc1NC(=O)c1ccc(C#Cc2ccccc2)cc1Nc1ccccc1. The third-order valence-corrected chi connectivity index (χ3v) is 5.85. The van der Waals surface area contributed by atoms with Crippen molar-refractivity contribution in [2.24, 2.45) is 5.14 Å². The second-order valence-corrected chi connectivity index (χ2v) is 8.89. The minimum absolute atomic E-state index is 0.105. The van der Waals surface area contributed by atoms with E-state index in [2.05, 4.69) is 22.5 Å². The molecule has 0 bridgehead atoms. The van der Waals surface area contributed by atoms with Gasteiger partial charge in [0.15, 0.2) is 0 Å². The lowest BCUT2D eigenvalue weighted by atomic mass is 10.1. The number of rotatable bonds is 5. The van der Waals surface area contributed by atoms with Crippen molar-refractivity contribution < 1.29 is 13.2 Å². The van der Waals surface area contributed by atoms with E-state index in [0.717, 1.165) is 11.3 Å². The van der Waals surface area contributed by atoms with Crippen molar-refractivity contribution in [3.05, 3.63) is 120 Å². The predicted molar refractivity (Wildman–Crippen MR) is 134 cm³/mol. The molecule has 0 radical (unpaired) electrons. The summed E-state index contributed by atoms with van der Waals surface area (Å²) in [6.45, 7) is 0. The Kier molecular flexibility index (Phi) is 6.74. The van der Waals surface area contributed by atoms with E-state index in [1.807, 2.05) is 60.7 Å². The molecule has 4 rings (SSSR count). The third-order valence-electron chi connectivity index (χ3n) is 4.88. The van der Waals surface area contributed by atoms with Crippen LogP contribution in [0.25, 0.3) is 0 Å². The summed E-state index contributed by atoms with van der Waals surface area (Å²) in [5.41, 5.74) is 3.32. The molecule has 0 atom stereocenters. The molecule has 34 heavy (non-hydrogen) atoms. The largest absolute Gasteiger partial charge is 0.355 e. The van der Waals surface area contributed by atoms with Crippen molar-refractivity contribution in [3.63, 3.8) is 0 Å². The molecule has 4 N–H and O–H groups in total. The van der Waals surface area contributed by atoms with Gasteiger partial charge in [-0.3, -0.25) is 4.79 Å². The molecule has 0 saturated carbocycles. The minimum atomic E-state index is -4.01. The second-order valence-electron chi connectivity index (χ2n) is 7.36. The molecule has 0 saturated heterocycles. The van der Waals surface area contributed by atoms with Crippen molar-refractivity contribution in [2.75, 3.05) is 10.6 Å². The Balaban J connectivity index is 1.70. The number of hydrogen-bond acceptors (Lipinski definition) is 4. The highest BCUT2D eigenvalue weighted by Crippen LogP contribution is 2.25. The van der Waals surface area contributed by atoms with Gasteiger partial charge in [0.05, 0.1) is 16.9 Å².